The van der Waals surface area contributed by atoms with E-state index in [1.54, 1.807) is 0 Å². The molecule has 1 aliphatic rings. The normalized spacial score (nSPS) is 27.6. The first-order valence-electron chi connectivity index (χ1n) is 4.59. The average Bonchev–Trinajstić information content (AvgIpc) is 2.55. The summed E-state index contributed by atoms with van der Waals surface area (Å²) in [6, 6.07) is 2.31. The molecule has 2 nitrogen and oxygen atoms in total. The van der Waals surface area contributed by atoms with Crippen LogP contribution in [0.2, 0.25) is 0 Å². The molecular weight excluding hydrogens is 150 g/mol. The zero-order valence-electron chi connectivity index (χ0n) is 7.63. The Hall–Kier alpha value is -0.760. The van der Waals surface area contributed by atoms with Gasteiger partial charge in [0.2, 0.25) is 0 Å². The van der Waals surface area contributed by atoms with Gasteiger partial charge in [-0.25, -0.2) is 0 Å². The molecule has 0 saturated heterocycles. The van der Waals surface area contributed by atoms with E-state index < -0.39 is 0 Å². The third kappa shape index (κ3) is 0.985. The molecule has 0 amide bonds. The highest BCUT2D eigenvalue weighted by atomic mass is 16.3. The number of fused-ring (bicyclic) bond motifs is 1. The SMILES string of the molecule is CCc1cc2c(o1)CC(C)C2N. The minimum atomic E-state index is 0.198. The minimum absolute atomic E-state index is 0.198. The Morgan fingerprint density at radius 1 is 1.67 bits per heavy atom. The van der Waals surface area contributed by atoms with Crippen LogP contribution in [0.15, 0.2) is 10.5 Å². The van der Waals surface area contributed by atoms with E-state index in [1.165, 1.54) is 5.56 Å². The molecule has 2 heteroatoms. The number of hydrogen-bond donors (Lipinski definition) is 1. The van der Waals surface area contributed by atoms with E-state index in [9.17, 15) is 0 Å². The molecule has 1 aromatic rings. The summed E-state index contributed by atoms with van der Waals surface area (Å²) in [6.07, 6.45) is 1.98. The lowest BCUT2D eigenvalue weighted by Gasteiger charge is -2.07. The van der Waals surface area contributed by atoms with E-state index in [1.807, 2.05) is 0 Å². The lowest BCUT2D eigenvalue weighted by atomic mass is 10.0. The smallest absolute Gasteiger partial charge is 0.109 e. The van der Waals surface area contributed by atoms with Crippen LogP contribution in [0.5, 0.6) is 0 Å². The van der Waals surface area contributed by atoms with E-state index in [0.717, 1.165) is 24.4 Å². The van der Waals surface area contributed by atoms with Crippen molar-refractivity contribution < 1.29 is 4.42 Å². The molecule has 0 aromatic carbocycles. The van der Waals surface area contributed by atoms with E-state index in [4.69, 9.17) is 10.2 Å². The van der Waals surface area contributed by atoms with Crippen LogP contribution in [0.25, 0.3) is 0 Å². The van der Waals surface area contributed by atoms with Gasteiger partial charge in [-0.2, -0.15) is 0 Å². The molecule has 0 bridgehead atoms. The minimum Gasteiger partial charge on any atom is -0.466 e. The van der Waals surface area contributed by atoms with Gasteiger partial charge in [-0.05, 0) is 12.0 Å². The van der Waals surface area contributed by atoms with Crippen LogP contribution in [0.1, 0.15) is 37.0 Å². The Morgan fingerprint density at radius 2 is 2.42 bits per heavy atom. The van der Waals surface area contributed by atoms with Crippen molar-refractivity contribution in [2.75, 3.05) is 0 Å². The second-order valence-corrected chi connectivity index (χ2v) is 3.65. The first-order chi connectivity index (χ1) is 5.72. The number of nitrogens with two attached hydrogens (primary N) is 1. The van der Waals surface area contributed by atoms with Gasteiger partial charge in [0.15, 0.2) is 0 Å². The van der Waals surface area contributed by atoms with Crippen molar-refractivity contribution >= 4 is 0 Å². The zero-order chi connectivity index (χ0) is 8.72. The highest BCUT2D eigenvalue weighted by Gasteiger charge is 2.29. The van der Waals surface area contributed by atoms with Crippen LogP contribution >= 0.6 is 0 Å². The fourth-order valence-corrected chi connectivity index (χ4v) is 1.84. The summed E-state index contributed by atoms with van der Waals surface area (Å²) in [5.41, 5.74) is 7.23. The molecule has 2 unspecified atom stereocenters. The number of hydrogen-bond acceptors (Lipinski definition) is 2. The Morgan fingerprint density at radius 3 is 3.00 bits per heavy atom. The van der Waals surface area contributed by atoms with Crippen LogP contribution < -0.4 is 5.73 Å². The van der Waals surface area contributed by atoms with Crippen molar-refractivity contribution in [3.63, 3.8) is 0 Å². The van der Waals surface area contributed by atoms with Crippen molar-refractivity contribution in [2.45, 2.75) is 32.7 Å². The van der Waals surface area contributed by atoms with Crippen LogP contribution in [0.3, 0.4) is 0 Å². The lowest BCUT2D eigenvalue weighted by Crippen LogP contribution is -2.13. The molecule has 0 fully saturated rings. The van der Waals surface area contributed by atoms with Gasteiger partial charge in [-0.1, -0.05) is 13.8 Å². The molecule has 66 valence electrons. The number of furan rings is 1. The molecule has 2 N–H and O–H groups in total. The van der Waals surface area contributed by atoms with Crippen LogP contribution in [-0.2, 0) is 12.8 Å². The van der Waals surface area contributed by atoms with Gasteiger partial charge >= 0.3 is 0 Å². The standard InChI is InChI=1S/C10H15NO/c1-3-7-5-8-9(12-7)4-6(2)10(8)11/h5-6,10H,3-4,11H2,1-2H3. The third-order valence-electron chi connectivity index (χ3n) is 2.72. The lowest BCUT2D eigenvalue weighted by molar-refractivity contribution is 0.439. The second-order valence-electron chi connectivity index (χ2n) is 3.65. The van der Waals surface area contributed by atoms with Crippen molar-refractivity contribution in [2.24, 2.45) is 11.7 Å². The van der Waals surface area contributed by atoms with Gasteiger partial charge in [0.1, 0.15) is 11.5 Å². The number of aryl methyl sites for hydroxylation is 1. The second kappa shape index (κ2) is 2.63. The highest BCUT2D eigenvalue weighted by Crippen LogP contribution is 2.36. The van der Waals surface area contributed by atoms with Crippen molar-refractivity contribution in [3.05, 3.63) is 23.2 Å². The average molecular weight is 165 g/mol. The maximum absolute atomic E-state index is 6.00. The topological polar surface area (TPSA) is 39.2 Å². The summed E-state index contributed by atoms with van der Waals surface area (Å²) in [6.45, 7) is 4.27. The molecule has 2 atom stereocenters. The molecule has 1 aliphatic carbocycles. The summed E-state index contributed by atoms with van der Waals surface area (Å²) >= 11 is 0. The predicted octanol–water partition coefficient (Wildman–Crippen LogP) is 2.03. The van der Waals surface area contributed by atoms with Gasteiger partial charge < -0.3 is 10.2 Å². The third-order valence-corrected chi connectivity index (χ3v) is 2.72. The zero-order valence-corrected chi connectivity index (χ0v) is 7.63. The van der Waals surface area contributed by atoms with Crippen molar-refractivity contribution in [1.82, 2.24) is 0 Å². The fourth-order valence-electron chi connectivity index (χ4n) is 1.84. The highest BCUT2D eigenvalue weighted by molar-refractivity contribution is 5.30. The Labute approximate surface area is 72.7 Å². The van der Waals surface area contributed by atoms with Crippen LogP contribution in [0.4, 0.5) is 0 Å². The van der Waals surface area contributed by atoms with Gasteiger partial charge in [-0.3, -0.25) is 0 Å². The summed E-state index contributed by atoms with van der Waals surface area (Å²) < 4.78 is 5.64. The predicted molar refractivity (Wildman–Crippen MR) is 47.9 cm³/mol. The van der Waals surface area contributed by atoms with E-state index in [2.05, 4.69) is 19.9 Å². The van der Waals surface area contributed by atoms with Gasteiger partial charge in [0.05, 0.1) is 0 Å². The summed E-state index contributed by atoms with van der Waals surface area (Å²) in [4.78, 5) is 0. The van der Waals surface area contributed by atoms with Crippen molar-refractivity contribution in [3.8, 4) is 0 Å². The molecule has 1 heterocycles. The molecule has 12 heavy (non-hydrogen) atoms. The molecule has 0 aliphatic heterocycles. The van der Waals surface area contributed by atoms with Gasteiger partial charge in [0.25, 0.3) is 0 Å². The van der Waals surface area contributed by atoms with E-state index in [-0.39, 0.29) is 6.04 Å². The van der Waals surface area contributed by atoms with Crippen LogP contribution in [-0.4, -0.2) is 0 Å². The molecule has 0 radical (unpaired) electrons. The first kappa shape index (κ1) is 7.87. The maximum atomic E-state index is 6.00. The van der Waals surface area contributed by atoms with Crippen LogP contribution in [0, 0.1) is 5.92 Å². The first-order valence-corrected chi connectivity index (χ1v) is 4.59. The van der Waals surface area contributed by atoms with Crippen molar-refractivity contribution in [1.29, 1.82) is 0 Å². The van der Waals surface area contributed by atoms with Gasteiger partial charge in [-0.15, -0.1) is 0 Å². The molecular formula is C10H15NO. The monoisotopic (exact) mass is 165 g/mol. The quantitative estimate of drug-likeness (QED) is 0.691. The van der Waals surface area contributed by atoms with E-state index in [0.29, 0.717) is 5.92 Å². The summed E-state index contributed by atoms with van der Waals surface area (Å²) in [5.74, 6) is 2.74. The molecule has 2 rings (SSSR count). The Kier molecular flexibility index (Phi) is 1.72. The van der Waals surface area contributed by atoms with E-state index >= 15 is 0 Å². The summed E-state index contributed by atoms with van der Waals surface area (Å²) in [7, 11) is 0. The Bertz CT molecular complexity index is 290. The fraction of sp³-hybridized carbons (Fsp3) is 0.600. The largest absolute Gasteiger partial charge is 0.466 e. The maximum Gasteiger partial charge on any atom is 0.109 e. The molecule has 0 spiro atoms. The molecule has 1 aromatic heterocycles. The number of rotatable bonds is 1. The summed E-state index contributed by atoms with van der Waals surface area (Å²) in [5, 5.41) is 0. The van der Waals surface area contributed by atoms with Gasteiger partial charge in [0, 0.05) is 24.4 Å². The molecule has 0 saturated carbocycles. The Balaban J connectivity index is 2.36.